The Morgan fingerprint density at radius 3 is 2.79 bits per heavy atom. The minimum absolute atomic E-state index is 0.0322. The van der Waals surface area contributed by atoms with Crippen molar-refractivity contribution in [3.8, 4) is 0 Å². The van der Waals surface area contributed by atoms with Crippen molar-refractivity contribution in [3.63, 3.8) is 0 Å². The van der Waals surface area contributed by atoms with Crippen LogP contribution in [0.3, 0.4) is 0 Å². The van der Waals surface area contributed by atoms with Crippen LogP contribution in [-0.4, -0.2) is 36.4 Å². The molecule has 2 rings (SSSR count). The van der Waals surface area contributed by atoms with Crippen LogP contribution >= 0.6 is 0 Å². The number of nitrogens with one attached hydrogen (secondary N) is 2. The Kier molecular flexibility index (Phi) is 3.10. The molecule has 3 heteroatoms. The van der Waals surface area contributed by atoms with Crippen molar-refractivity contribution in [1.29, 1.82) is 0 Å². The zero-order valence-corrected chi connectivity index (χ0v) is 9.05. The zero-order chi connectivity index (χ0) is 10.0. The van der Waals surface area contributed by atoms with E-state index in [4.69, 9.17) is 0 Å². The van der Waals surface area contributed by atoms with Gasteiger partial charge in [-0.3, -0.25) is 0 Å². The summed E-state index contributed by atoms with van der Waals surface area (Å²) in [6, 6.07) is 0.590. The van der Waals surface area contributed by atoms with Gasteiger partial charge in [-0.1, -0.05) is 19.8 Å². The lowest BCUT2D eigenvalue weighted by Gasteiger charge is -2.44. The van der Waals surface area contributed by atoms with Crippen molar-refractivity contribution < 1.29 is 5.11 Å². The fraction of sp³-hybridized carbons (Fsp3) is 1.00. The van der Waals surface area contributed by atoms with Gasteiger partial charge in [0.15, 0.2) is 0 Å². The van der Waals surface area contributed by atoms with Crippen LogP contribution in [0.1, 0.15) is 32.6 Å². The van der Waals surface area contributed by atoms with Gasteiger partial charge >= 0.3 is 0 Å². The normalized spacial score (nSPS) is 39.4. The lowest BCUT2D eigenvalue weighted by Crippen LogP contribution is -2.64. The molecule has 3 N–H and O–H groups in total. The van der Waals surface area contributed by atoms with E-state index in [9.17, 15) is 5.11 Å². The number of hydrogen-bond acceptors (Lipinski definition) is 3. The minimum atomic E-state index is 0.0322. The summed E-state index contributed by atoms with van der Waals surface area (Å²) < 4.78 is 0. The monoisotopic (exact) mass is 198 g/mol. The summed E-state index contributed by atoms with van der Waals surface area (Å²) in [5.74, 6) is 0.761. The highest BCUT2D eigenvalue weighted by Gasteiger charge is 2.36. The summed E-state index contributed by atoms with van der Waals surface area (Å²) >= 11 is 0. The van der Waals surface area contributed by atoms with Crippen molar-refractivity contribution >= 4 is 0 Å². The SMILES string of the molecule is CC1CCCC(CO)(NC2CNC2)C1. The van der Waals surface area contributed by atoms with Gasteiger partial charge in [0.2, 0.25) is 0 Å². The number of aliphatic hydroxyl groups is 1. The predicted molar refractivity (Wildman–Crippen MR) is 57.2 cm³/mol. The Bertz CT molecular complexity index is 194. The molecule has 2 aliphatic rings. The van der Waals surface area contributed by atoms with E-state index in [-0.39, 0.29) is 5.54 Å². The van der Waals surface area contributed by atoms with Gasteiger partial charge in [0.05, 0.1) is 6.61 Å². The standard InChI is InChI=1S/C11H22N2O/c1-9-3-2-4-11(5-9,8-14)13-10-6-12-7-10/h9-10,12-14H,2-8H2,1H3. The molecule has 0 aromatic rings. The lowest BCUT2D eigenvalue weighted by atomic mass is 9.76. The molecule has 1 aliphatic carbocycles. The van der Waals surface area contributed by atoms with Gasteiger partial charge in [0.1, 0.15) is 0 Å². The maximum absolute atomic E-state index is 9.54. The molecule has 1 saturated carbocycles. The summed E-state index contributed by atoms with van der Waals surface area (Å²) in [6.07, 6.45) is 4.87. The predicted octanol–water partition coefficient (Wildman–Crippen LogP) is 0.489. The molecule has 2 unspecified atom stereocenters. The minimum Gasteiger partial charge on any atom is -0.394 e. The van der Waals surface area contributed by atoms with E-state index in [1.807, 2.05) is 0 Å². The fourth-order valence-corrected chi connectivity index (χ4v) is 2.80. The van der Waals surface area contributed by atoms with Crippen molar-refractivity contribution in [2.75, 3.05) is 19.7 Å². The number of aliphatic hydroxyl groups excluding tert-OH is 1. The first kappa shape index (κ1) is 10.4. The van der Waals surface area contributed by atoms with Gasteiger partial charge in [-0.05, 0) is 18.8 Å². The first-order valence-electron chi connectivity index (χ1n) is 5.83. The van der Waals surface area contributed by atoms with Crippen LogP contribution in [0, 0.1) is 5.92 Å². The van der Waals surface area contributed by atoms with Crippen LogP contribution in [0.15, 0.2) is 0 Å². The average Bonchev–Trinajstić information content (AvgIpc) is 2.12. The maximum atomic E-state index is 9.54. The largest absolute Gasteiger partial charge is 0.394 e. The fourth-order valence-electron chi connectivity index (χ4n) is 2.80. The van der Waals surface area contributed by atoms with Gasteiger partial charge in [0, 0.05) is 24.7 Å². The van der Waals surface area contributed by atoms with E-state index in [2.05, 4.69) is 17.6 Å². The molecule has 1 saturated heterocycles. The van der Waals surface area contributed by atoms with E-state index in [0.29, 0.717) is 12.6 Å². The molecule has 0 aromatic carbocycles. The van der Waals surface area contributed by atoms with Crippen molar-refractivity contribution in [2.45, 2.75) is 44.2 Å². The topological polar surface area (TPSA) is 44.3 Å². The third kappa shape index (κ3) is 2.10. The Labute approximate surface area is 86.3 Å². The Morgan fingerprint density at radius 1 is 1.50 bits per heavy atom. The second-order valence-corrected chi connectivity index (χ2v) is 5.14. The van der Waals surface area contributed by atoms with E-state index in [0.717, 1.165) is 31.8 Å². The highest BCUT2D eigenvalue weighted by Crippen LogP contribution is 2.32. The van der Waals surface area contributed by atoms with Gasteiger partial charge < -0.3 is 15.7 Å². The molecule has 14 heavy (non-hydrogen) atoms. The van der Waals surface area contributed by atoms with Crippen molar-refractivity contribution in [1.82, 2.24) is 10.6 Å². The summed E-state index contributed by atoms with van der Waals surface area (Å²) in [7, 11) is 0. The quantitative estimate of drug-likeness (QED) is 0.618. The summed E-state index contributed by atoms with van der Waals surface area (Å²) in [4.78, 5) is 0. The molecule has 0 bridgehead atoms. The van der Waals surface area contributed by atoms with Crippen LogP contribution in [0.2, 0.25) is 0 Å². The van der Waals surface area contributed by atoms with Crippen LogP contribution in [0.4, 0.5) is 0 Å². The van der Waals surface area contributed by atoms with Crippen LogP contribution in [0.5, 0.6) is 0 Å². The van der Waals surface area contributed by atoms with Crippen molar-refractivity contribution in [2.24, 2.45) is 5.92 Å². The molecule has 1 heterocycles. The molecule has 2 fully saturated rings. The molecule has 0 aromatic heterocycles. The molecular weight excluding hydrogens is 176 g/mol. The highest BCUT2D eigenvalue weighted by atomic mass is 16.3. The summed E-state index contributed by atoms with van der Waals surface area (Å²) in [5, 5.41) is 16.4. The first-order valence-corrected chi connectivity index (χ1v) is 5.83. The second kappa shape index (κ2) is 4.17. The third-order valence-electron chi connectivity index (χ3n) is 3.69. The molecule has 0 amide bonds. The van der Waals surface area contributed by atoms with Crippen molar-refractivity contribution in [3.05, 3.63) is 0 Å². The highest BCUT2D eigenvalue weighted by molar-refractivity contribution is 4.97. The Morgan fingerprint density at radius 2 is 2.29 bits per heavy atom. The smallest absolute Gasteiger partial charge is 0.0613 e. The molecule has 0 radical (unpaired) electrons. The van der Waals surface area contributed by atoms with E-state index >= 15 is 0 Å². The second-order valence-electron chi connectivity index (χ2n) is 5.14. The van der Waals surface area contributed by atoms with Gasteiger partial charge in [-0.15, -0.1) is 0 Å². The molecule has 3 nitrogen and oxygen atoms in total. The van der Waals surface area contributed by atoms with Crippen LogP contribution in [-0.2, 0) is 0 Å². The molecule has 82 valence electrons. The Balaban J connectivity index is 1.92. The lowest BCUT2D eigenvalue weighted by molar-refractivity contribution is 0.0800. The molecule has 0 spiro atoms. The number of hydrogen-bond donors (Lipinski definition) is 3. The molecular formula is C11H22N2O. The van der Waals surface area contributed by atoms with Crippen LogP contribution < -0.4 is 10.6 Å². The van der Waals surface area contributed by atoms with E-state index < -0.39 is 0 Å². The first-order chi connectivity index (χ1) is 6.74. The molecule has 2 atom stereocenters. The van der Waals surface area contributed by atoms with Crippen LogP contribution in [0.25, 0.3) is 0 Å². The summed E-state index contributed by atoms with van der Waals surface area (Å²) in [5.41, 5.74) is 0.0322. The van der Waals surface area contributed by atoms with E-state index in [1.54, 1.807) is 0 Å². The molecule has 1 aliphatic heterocycles. The summed E-state index contributed by atoms with van der Waals surface area (Å²) in [6.45, 7) is 4.73. The maximum Gasteiger partial charge on any atom is 0.0613 e. The number of rotatable bonds is 3. The average molecular weight is 198 g/mol. The van der Waals surface area contributed by atoms with Gasteiger partial charge in [-0.2, -0.15) is 0 Å². The van der Waals surface area contributed by atoms with Gasteiger partial charge in [0.25, 0.3) is 0 Å². The van der Waals surface area contributed by atoms with Gasteiger partial charge in [-0.25, -0.2) is 0 Å². The van der Waals surface area contributed by atoms with E-state index in [1.165, 1.54) is 12.8 Å². The zero-order valence-electron chi connectivity index (χ0n) is 9.05. The third-order valence-corrected chi connectivity index (χ3v) is 3.69. The Hall–Kier alpha value is -0.120.